The molecule has 1 aliphatic rings. The third kappa shape index (κ3) is 6.51. The van der Waals surface area contributed by atoms with Crippen LogP contribution in [0.5, 0.6) is 0 Å². The summed E-state index contributed by atoms with van der Waals surface area (Å²) in [6.07, 6.45) is 4.73. The second kappa shape index (κ2) is 7.31. The molecule has 0 aromatic carbocycles. The van der Waals surface area contributed by atoms with E-state index in [2.05, 4.69) is 4.99 Å². The maximum Gasteiger partial charge on any atom is 0.191 e. The molecular weight excluding hydrogens is 341 g/mol. The molecule has 0 bridgehead atoms. The molecule has 7 heteroatoms. The molecule has 0 aliphatic carbocycles. The molecule has 16 heavy (non-hydrogen) atoms. The van der Waals surface area contributed by atoms with Crippen molar-refractivity contribution in [3.8, 4) is 0 Å². The zero-order valence-electron chi connectivity index (χ0n) is 9.55. The molecule has 96 valence electrons. The van der Waals surface area contributed by atoms with Gasteiger partial charge in [-0.05, 0) is 19.3 Å². The van der Waals surface area contributed by atoms with Gasteiger partial charge in [-0.3, -0.25) is 4.99 Å². The van der Waals surface area contributed by atoms with Gasteiger partial charge in [0.2, 0.25) is 0 Å². The number of nitrogens with zero attached hydrogens (tertiary/aromatic N) is 2. The smallest absolute Gasteiger partial charge is 0.191 e. The first kappa shape index (κ1) is 16.0. The van der Waals surface area contributed by atoms with Crippen LogP contribution in [0.2, 0.25) is 0 Å². The van der Waals surface area contributed by atoms with E-state index in [0.717, 1.165) is 25.9 Å². The molecule has 5 nitrogen and oxygen atoms in total. The van der Waals surface area contributed by atoms with Gasteiger partial charge in [-0.2, -0.15) is 0 Å². The molecular formula is C9H20IN3O2S. The fourth-order valence-electron chi connectivity index (χ4n) is 1.55. The highest BCUT2D eigenvalue weighted by Crippen LogP contribution is 2.07. The summed E-state index contributed by atoms with van der Waals surface area (Å²) in [4.78, 5) is 6.09. The highest BCUT2D eigenvalue weighted by Gasteiger charge is 2.11. The Balaban J connectivity index is 0.00000225. The Labute approximate surface area is 114 Å². The molecule has 0 saturated carbocycles. The van der Waals surface area contributed by atoms with Gasteiger partial charge in [0.15, 0.2) is 5.96 Å². The molecule has 0 aromatic rings. The predicted octanol–water partition coefficient (Wildman–Crippen LogP) is 0.450. The summed E-state index contributed by atoms with van der Waals surface area (Å²) in [5.41, 5.74) is 5.76. The molecule has 0 atom stereocenters. The zero-order valence-corrected chi connectivity index (χ0v) is 12.7. The van der Waals surface area contributed by atoms with Crippen LogP contribution in [0.1, 0.15) is 19.3 Å². The van der Waals surface area contributed by atoms with Crippen molar-refractivity contribution in [1.82, 2.24) is 4.90 Å². The molecule has 2 N–H and O–H groups in total. The molecule has 1 fully saturated rings. The number of rotatable bonds is 3. The standard InChI is InChI=1S/C9H19N3O2S.HI/c1-15(13,14)8-5-11-9(10)12-6-3-2-4-7-12;/h2-8H2,1H3,(H2,10,11);1H. The second-order valence-corrected chi connectivity index (χ2v) is 6.18. The summed E-state index contributed by atoms with van der Waals surface area (Å²) in [6.45, 7) is 2.14. The van der Waals surface area contributed by atoms with E-state index in [9.17, 15) is 8.42 Å². The number of likely N-dealkylation sites (tertiary alicyclic amines) is 1. The summed E-state index contributed by atoms with van der Waals surface area (Å²) in [7, 11) is -2.93. The van der Waals surface area contributed by atoms with Gasteiger partial charge in [0.25, 0.3) is 0 Å². The highest BCUT2D eigenvalue weighted by molar-refractivity contribution is 14.0. The molecule has 0 aromatic heterocycles. The topological polar surface area (TPSA) is 75.8 Å². The van der Waals surface area contributed by atoms with Gasteiger partial charge in [0.1, 0.15) is 9.84 Å². The van der Waals surface area contributed by atoms with Crippen LogP contribution in [-0.4, -0.2) is 50.9 Å². The summed E-state index contributed by atoms with van der Waals surface area (Å²) < 4.78 is 21.7. The lowest BCUT2D eigenvalue weighted by Crippen LogP contribution is -2.41. The summed E-state index contributed by atoms with van der Waals surface area (Å²) in [5, 5.41) is 0. The molecule has 1 aliphatic heterocycles. The van der Waals surface area contributed by atoms with Gasteiger partial charge in [0.05, 0.1) is 12.3 Å². The first-order valence-corrected chi connectivity index (χ1v) is 7.28. The zero-order chi connectivity index (χ0) is 11.3. The third-order valence-electron chi connectivity index (χ3n) is 2.42. The normalized spacial score (nSPS) is 18.1. The Bertz CT molecular complexity index is 324. The predicted molar refractivity (Wildman–Crippen MR) is 77.0 cm³/mol. The van der Waals surface area contributed by atoms with Gasteiger partial charge in [-0.25, -0.2) is 8.42 Å². The highest BCUT2D eigenvalue weighted by atomic mass is 127. The minimum atomic E-state index is -2.93. The van der Waals surface area contributed by atoms with Crippen LogP contribution in [0, 0.1) is 0 Å². The van der Waals surface area contributed by atoms with Crippen LogP contribution in [-0.2, 0) is 9.84 Å². The SMILES string of the molecule is CS(=O)(=O)CCN=C(N)N1CCCCC1.I. The van der Waals surface area contributed by atoms with Gasteiger partial charge >= 0.3 is 0 Å². The maximum absolute atomic E-state index is 10.9. The number of sulfone groups is 1. The number of hydrogen-bond acceptors (Lipinski definition) is 3. The maximum atomic E-state index is 10.9. The largest absolute Gasteiger partial charge is 0.370 e. The fourth-order valence-corrected chi connectivity index (χ4v) is 1.97. The van der Waals surface area contributed by atoms with Crippen LogP contribution < -0.4 is 5.73 Å². The van der Waals surface area contributed by atoms with Gasteiger partial charge in [-0.1, -0.05) is 0 Å². The fraction of sp³-hybridized carbons (Fsp3) is 0.889. The van der Waals surface area contributed by atoms with E-state index in [1.165, 1.54) is 12.7 Å². The van der Waals surface area contributed by atoms with Crippen molar-refractivity contribution < 1.29 is 8.42 Å². The van der Waals surface area contributed by atoms with E-state index in [-0.39, 0.29) is 36.3 Å². The lowest BCUT2D eigenvalue weighted by molar-refractivity contribution is 0.338. The number of nitrogens with two attached hydrogens (primary N) is 1. The van der Waals surface area contributed by atoms with Crippen LogP contribution >= 0.6 is 24.0 Å². The van der Waals surface area contributed by atoms with E-state index >= 15 is 0 Å². The van der Waals surface area contributed by atoms with Crippen LogP contribution in [0.4, 0.5) is 0 Å². The van der Waals surface area contributed by atoms with Gasteiger partial charge in [-0.15, -0.1) is 24.0 Å². The molecule has 0 radical (unpaired) electrons. The number of hydrogen-bond donors (Lipinski definition) is 1. The van der Waals surface area contributed by atoms with Crippen molar-refractivity contribution in [1.29, 1.82) is 0 Å². The Kier molecular flexibility index (Phi) is 7.29. The molecule has 1 saturated heterocycles. The summed E-state index contributed by atoms with van der Waals surface area (Å²) in [5.74, 6) is 0.556. The molecule has 1 heterocycles. The van der Waals surface area contributed by atoms with Crippen LogP contribution in [0.3, 0.4) is 0 Å². The monoisotopic (exact) mass is 361 g/mol. The van der Waals surface area contributed by atoms with Crippen LogP contribution in [0.15, 0.2) is 4.99 Å². The number of guanidine groups is 1. The lowest BCUT2D eigenvalue weighted by atomic mass is 10.1. The first-order valence-electron chi connectivity index (χ1n) is 5.21. The van der Waals surface area contributed by atoms with Gasteiger partial charge < -0.3 is 10.6 Å². The summed E-state index contributed by atoms with van der Waals surface area (Å²) >= 11 is 0. The summed E-state index contributed by atoms with van der Waals surface area (Å²) in [6, 6.07) is 0. The Morgan fingerprint density at radius 3 is 2.38 bits per heavy atom. The lowest BCUT2D eigenvalue weighted by Gasteiger charge is -2.27. The van der Waals surface area contributed by atoms with E-state index in [1.807, 2.05) is 4.90 Å². The van der Waals surface area contributed by atoms with Crippen molar-refractivity contribution in [3.63, 3.8) is 0 Å². The first-order chi connectivity index (χ1) is 6.99. The quantitative estimate of drug-likeness (QED) is 0.450. The molecule has 0 unspecified atom stereocenters. The van der Waals surface area contributed by atoms with Crippen molar-refractivity contribution >= 4 is 39.8 Å². The molecule has 0 spiro atoms. The van der Waals surface area contributed by atoms with E-state index in [0.29, 0.717) is 5.96 Å². The minimum Gasteiger partial charge on any atom is -0.370 e. The average molecular weight is 361 g/mol. The van der Waals surface area contributed by atoms with Crippen molar-refractivity contribution in [2.75, 3.05) is 31.6 Å². The van der Waals surface area contributed by atoms with E-state index < -0.39 is 9.84 Å². The number of halogens is 1. The minimum absolute atomic E-state index is 0. The molecule has 1 rings (SSSR count). The molecule has 0 amide bonds. The second-order valence-electron chi connectivity index (χ2n) is 3.92. The van der Waals surface area contributed by atoms with Crippen molar-refractivity contribution in [2.45, 2.75) is 19.3 Å². The van der Waals surface area contributed by atoms with Crippen molar-refractivity contribution in [2.24, 2.45) is 10.7 Å². The Hall–Kier alpha value is -0.0500. The Morgan fingerprint density at radius 1 is 1.31 bits per heavy atom. The average Bonchev–Trinajstić information content (AvgIpc) is 2.17. The Morgan fingerprint density at radius 2 is 1.88 bits per heavy atom. The number of piperidine rings is 1. The van der Waals surface area contributed by atoms with Gasteiger partial charge in [0, 0.05) is 19.3 Å². The van der Waals surface area contributed by atoms with Crippen LogP contribution in [0.25, 0.3) is 0 Å². The van der Waals surface area contributed by atoms with E-state index in [4.69, 9.17) is 5.73 Å². The van der Waals surface area contributed by atoms with Crippen molar-refractivity contribution in [3.05, 3.63) is 0 Å². The third-order valence-corrected chi connectivity index (χ3v) is 3.34. The number of aliphatic imine (C=N–C) groups is 1. The van der Waals surface area contributed by atoms with E-state index in [1.54, 1.807) is 0 Å².